The van der Waals surface area contributed by atoms with Crippen LogP contribution in [0, 0.1) is 6.92 Å². The second kappa shape index (κ2) is 7.15. The van der Waals surface area contributed by atoms with Crippen LogP contribution in [0.3, 0.4) is 0 Å². The average Bonchev–Trinajstić information content (AvgIpc) is 2.95. The summed E-state index contributed by atoms with van der Waals surface area (Å²) in [6, 6.07) is 9.58. The number of aliphatic hydroxyl groups is 1. The molecule has 1 aromatic carbocycles. The molecule has 1 saturated heterocycles. The van der Waals surface area contributed by atoms with E-state index in [4.69, 9.17) is 9.15 Å². The molecule has 3 rings (SSSR count). The number of hydrogen-bond donors (Lipinski definition) is 2. The average molecular weight is 330 g/mol. The summed E-state index contributed by atoms with van der Waals surface area (Å²) in [7, 11) is 0. The number of hydrogen-bond acceptors (Lipinski definition) is 5. The second-order valence-corrected chi connectivity index (χ2v) is 6.18. The Bertz CT molecular complexity index is 690. The van der Waals surface area contributed by atoms with Crippen LogP contribution in [0.5, 0.6) is 0 Å². The van der Waals surface area contributed by atoms with E-state index >= 15 is 0 Å². The molecule has 0 bridgehead atoms. The molecule has 0 aliphatic carbocycles. The topological polar surface area (TPSA) is 84.6 Å². The summed E-state index contributed by atoms with van der Waals surface area (Å²) in [5, 5.41) is 13.2. The molecular formula is C18H22N2O4. The smallest absolute Gasteiger partial charge is 0.226 e. The fourth-order valence-corrected chi connectivity index (χ4v) is 2.70. The SMILES string of the molecule is Cc1oc(-c2ccccc2)nc1CC(=O)NCC1(O)CCOCC1. The number of aromatic nitrogens is 1. The lowest BCUT2D eigenvalue weighted by Gasteiger charge is -2.32. The molecule has 1 aromatic heterocycles. The van der Waals surface area contributed by atoms with Gasteiger partial charge in [0.25, 0.3) is 0 Å². The first-order chi connectivity index (χ1) is 11.6. The number of carbonyl (C=O) groups excluding carboxylic acids is 1. The van der Waals surface area contributed by atoms with Gasteiger partial charge in [-0.2, -0.15) is 0 Å². The van der Waals surface area contributed by atoms with Gasteiger partial charge in [0.2, 0.25) is 11.8 Å². The van der Waals surface area contributed by atoms with Crippen LogP contribution in [0.15, 0.2) is 34.7 Å². The zero-order chi connectivity index (χ0) is 17.0. The first-order valence-corrected chi connectivity index (χ1v) is 8.14. The van der Waals surface area contributed by atoms with Gasteiger partial charge in [0, 0.05) is 38.2 Å². The molecule has 6 nitrogen and oxygen atoms in total. The predicted molar refractivity (Wildman–Crippen MR) is 88.4 cm³/mol. The Hall–Kier alpha value is -2.18. The fraction of sp³-hybridized carbons (Fsp3) is 0.444. The number of nitrogens with zero attached hydrogens (tertiary/aromatic N) is 1. The van der Waals surface area contributed by atoms with Crippen LogP contribution in [0.4, 0.5) is 0 Å². The number of carbonyl (C=O) groups is 1. The minimum absolute atomic E-state index is 0.134. The number of rotatable bonds is 5. The van der Waals surface area contributed by atoms with E-state index in [9.17, 15) is 9.90 Å². The quantitative estimate of drug-likeness (QED) is 0.874. The van der Waals surface area contributed by atoms with Gasteiger partial charge in [0.1, 0.15) is 5.76 Å². The molecule has 1 amide bonds. The molecule has 24 heavy (non-hydrogen) atoms. The van der Waals surface area contributed by atoms with Crippen molar-refractivity contribution in [2.45, 2.75) is 31.8 Å². The summed E-state index contributed by atoms with van der Waals surface area (Å²) in [5.41, 5.74) is 0.621. The summed E-state index contributed by atoms with van der Waals surface area (Å²) >= 11 is 0. The highest BCUT2D eigenvalue weighted by Gasteiger charge is 2.30. The van der Waals surface area contributed by atoms with Crippen molar-refractivity contribution in [3.05, 3.63) is 41.8 Å². The van der Waals surface area contributed by atoms with Gasteiger partial charge in [-0.05, 0) is 19.1 Å². The van der Waals surface area contributed by atoms with Gasteiger partial charge in [-0.1, -0.05) is 18.2 Å². The van der Waals surface area contributed by atoms with E-state index in [1.807, 2.05) is 30.3 Å². The summed E-state index contributed by atoms with van der Waals surface area (Å²) in [6.45, 7) is 3.08. The van der Waals surface area contributed by atoms with Gasteiger partial charge in [0.15, 0.2) is 0 Å². The Morgan fingerprint density at radius 3 is 2.71 bits per heavy atom. The first kappa shape index (κ1) is 16.7. The fourth-order valence-electron chi connectivity index (χ4n) is 2.70. The van der Waals surface area contributed by atoms with E-state index in [1.165, 1.54) is 0 Å². The highest BCUT2D eigenvalue weighted by atomic mass is 16.5. The van der Waals surface area contributed by atoms with Crippen molar-refractivity contribution in [3.63, 3.8) is 0 Å². The molecule has 0 atom stereocenters. The lowest BCUT2D eigenvalue weighted by molar-refractivity contribution is -0.123. The summed E-state index contributed by atoms with van der Waals surface area (Å²) in [5.74, 6) is 0.971. The Balaban J connectivity index is 1.59. The van der Waals surface area contributed by atoms with Crippen molar-refractivity contribution in [1.29, 1.82) is 0 Å². The van der Waals surface area contributed by atoms with E-state index in [-0.39, 0.29) is 18.9 Å². The van der Waals surface area contributed by atoms with Gasteiger partial charge in [0.05, 0.1) is 17.7 Å². The Morgan fingerprint density at radius 2 is 2.00 bits per heavy atom. The zero-order valence-electron chi connectivity index (χ0n) is 13.7. The van der Waals surface area contributed by atoms with Gasteiger partial charge in [-0.25, -0.2) is 4.98 Å². The number of amides is 1. The Morgan fingerprint density at radius 1 is 1.29 bits per heavy atom. The van der Waals surface area contributed by atoms with Crippen LogP contribution in [0.25, 0.3) is 11.5 Å². The maximum absolute atomic E-state index is 12.2. The standard InChI is InChI=1S/C18H22N2O4/c1-13-15(20-17(24-13)14-5-3-2-4-6-14)11-16(21)19-12-18(22)7-9-23-10-8-18/h2-6,22H,7-12H2,1H3,(H,19,21). The van der Waals surface area contributed by atoms with Crippen LogP contribution < -0.4 is 5.32 Å². The summed E-state index contributed by atoms with van der Waals surface area (Å²) < 4.78 is 10.9. The molecule has 1 aliphatic heterocycles. The van der Waals surface area contributed by atoms with Crippen LogP contribution in [-0.4, -0.2) is 41.4 Å². The molecule has 0 saturated carbocycles. The van der Waals surface area contributed by atoms with Crippen molar-refractivity contribution >= 4 is 5.91 Å². The molecule has 0 radical (unpaired) electrons. The normalized spacial score (nSPS) is 16.8. The van der Waals surface area contributed by atoms with Crippen molar-refractivity contribution in [3.8, 4) is 11.5 Å². The predicted octanol–water partition coefficient (Wildman–Crippen LogP) is 1.85. The lowest BCUT2D eigenvalue weighted by Crippen LogP contribution is -2.47. The minimum Gasteiger partial charge on any atom is -0.441 e. The van der Waals surface area contributed by atoms with Crippen LogP contribution in [-0.2, 0) is 16.0 Å². The van der Waals surface area contributed by atoms with E-state index in [1.54, 1.807) is 6.92 Å². The largest absolute Gasteiger partial charge is 0.441 e. The van der Waals surface area contributed by atoms with Gasteiger partial charge < -0.3 is 19.6 Å². The van der Waals surface area contributed by atoms with Crippen molar-refractivity contribution in [1.82, 2.24) is 10.3 Å². The third-order valence-corrected chi connectivity index (χ3v) is 4.28. The highest BCUT2D eigenvalue weighted by Crippen LogP contribution is 2.22. The van der Waals surface area contributed by atoms with E-state index in [0.717, 1.165) is 5.56 Å². The van der Waals surface area contributed by atoms with E-state index in [2.05, 4.69) is 10.3 Å². The van der Waals surface area contributed by atoms with Crippen molar-refractivity contribution in [2.75, 3.05) is 19.8 Å². The number of benzene rings is 1. The minimum atomic E-state index is -0.873. The van der Waals surface area contributed by atoms with Gasteiger partial charge in [-0.3, -0.25) is 4.79 Å². The highest BCUT2D eigenvalue weighted by molar-refractivity contribution is 5.78. The molecule has 128 valence electrons. The van der Waals surface area contributed by atoms with Crippen LogP contribution in [0.2, 0.25) is 0 Å². The molecular weight excluding hydrogens is 308 g/mol. The molecule has 2 heterocycles. The Kier molecular flexibility index (Phi) is 4.97. The van der Waals surface area contributed by atoms with Crippen molar-refractivity contribution in [2.24, 2.45) is 0 Å². The monoisotopic (exact) mass is 330 g/mol. The van der Waals surface area contributed by atoms with Crippen LogP contribution in [0.1, 0.15) is 24.3 Å². The molecule has 1 aliphatic rings. The Labute approximate surface area is 140 Å². The lowest BCUT2D eigenvalue weighted by atomic mass is 9.94. The van der Waals surface area contributed by atoms with Gasteiger partial charge >= 0.3 is 0 Å². The summed E-state index contributed by atoms with van der Waals surface area (Å²) in [6.07, 6.45) is 1.21. The zero-order valence-corrected chi connectivity index (χ0v) is 13.7. The number of nitrogens with one attached hydrogen (secondary N) is 1. The third-order valence-electron chi connectivity index (χ3n) is 4.28. The molecule has 0 spiro atoms. The van der Waals surface area contributed by atoms with Crippen LogP contribution >= 0.6 is 0 Å². The molecule has 0 unspecified atom stereocenters. The second-order valence-electron chi connectivity index (χ2n) is 6.18. The molecule has 1 fully saturated rings. The maximum atomic E-state index is 12.2. The number of ether oxygens (including phenoxy) is 1. The molecule has 6 heteroatoms. The maximum Gasteiger partial charge on any atom is 0.226 e. The third kappa shape index (κ3) is 4.01. The number of oxazole rings is 1. The summed E-state index contributed by atoms with van der Waals surface area (Å²) in [4.78, 5) is 16.6. The number of aryl methyl sites for hydroxylation is 1. The van der Waals surface area contributed by atoms with Gasteiger partial charge in [-0.15, -0.1) is 0 Å². The molecule has 2 aromatic rings. The molecule has 2 N–H and O–H groups in total. The van der Waals surface area contributed by atoms with E-state index in [0.29, 0.717) is 43.4 Å². The van der Waals surface area contributed by atoms with Crippen molar-refractivity contribution < 1.29 is 19.1 Å². The first-order valence-electron chi connectivity index (χ1n) is 8.14. The van der Waals surface area contributed by atoms with E-state index < -0.39 is 5.60 Å².